The minimum Gasteiger partial charge on any atom is -0.496 e. The molecule has 1 aliphatic heterocycles. The van der Waals surface area contributed by atoms with Crippen LogP contribution in [0.25, 0.3) is 0 Å². The van der Waals surface area contributed by atoms with Crippen LogP contribution in [0.1, 0.15) is 18.4 Å². The first-order valence-corrected chi connectivity index (χ1v) is 6.75. The van der Waals surface area contributed by atoms with E-state index in [9.17, 15) is 4.79 Å². The number of carbonyl (C=O) groups is 1. The van der Waals surface area contributed by atoms with Crippen molar-refractivity contribution in [1.29, 1.82) is 0 Å². The van der Waals surface area contributed by atoms with E-state index in [2.05, 4.69) is 0 Å². The molecule has 1 saturated heterocycles. The number of nitrogens with zero attached hydrogens (tertiary/aromatic N) is 1. The Morgan fingerprint density at radius 3 is 2.68 bits per heavy atom. The molecule has 1 fully saturated rings. The van der Waals surface area contributed by atoms with Gasteiger partial charge >= 0.3 is 0 Å². The van der Waals surface area contributed by atoms with E-state index in [-0.39, 0.29) is 12.5 Å². The summed E-state index contributed by atoms with van der Waals surface area (Å²) in [7, 11) is 1.62. The summed E-state index contributed by atoms with van der Waals surface area (Å²) in [6.07, 6.45) is 2.18. The third kappa shape index (κ3) is 3.47. The zero-order valence-electron chi connectivity index (χ0n) is 11.3. The fourth-order valence-corrected chi connectivity index (χ4v) is 2.49. The van der Waals surface area contributed by atoms with Crippen LogP contribution in [0.15, 0.2) is 24.3 Å². The van der Waals surface area contributed by atoms with Gasteiger partial charge in [-0.15, -0.1) is 0 Å². The quantitative estimate of drug-likeness (QED) is 0.895. The van der Waals surface area contributed by atoms with Crippen LogP contribution in [0.2, 0.25) is 0 Å². The SMILES string of the molecule is COc1ccccc1CC(=O)N1CCC(CO)CC1. The van der Waals surface area contributed by atoms with Gasteiger partial charge in [-0.25, -0.2) is 0 Å². The fraction of sp³-hybridized carbons (Fsp3) is 0.533. The summed E-state index contributed by atoms with van der Waals surface area (Å²) in [5, 5.41) is 9.10. The van der Waals surface area contributed by atoms with Crippen molar-refractivity contribution in [1.82, 2.24) is 4.90 Å². The summed E-state index contributed by atoms with van der Waals surface area (Å²) < 4.78 is 5.26. The van der Waals surface area contributed by atoms with Crippen molar-refractivity contribution in [3.8, 4) is 5.75 Å². The van der Waals surface area contributed by atoms with Crippen LogP contribution in [-0.4, -0.2) is 42.7 Å². The number of aliphatic hydroxyl groups is 1. The average molecular weight is 263 g/mol. The summed E-state index contributed by atoms with van der Waals surface area (Å²) in [6, 6.07) is 7.63. The van der Waals surface area contributed by atoms with E-state index in [1.807, 2.05) is 29.2 Å². The van der Waals surface area contributed by atoms with Crippen LogP contribution < -0.4 is 4.74 Å². The molecule has 0 saturated carbocycles. The van der Waals surface area contributed by atoms with Gasteiger partial charge in [0.25, 0.3) is 0 Å². The number of hydrogen-bond acceptors (Lipinski definition) is 3. The zero-order chi connectivity index (χ0) is 13.7. The topological polar surface area (TPSA) is 49.8 Å². The van der Waals surface area contributed by atoms with Gasteiger partial charge in [0.15, 0.2) is 0 Å². The highest BCUT2D eigenvalue weighted by molar-refractivity contribution is 5.79. The van der Waals surface area contributed by atoms with E-state index < -0.39 is 0 Å². The summed E-state index contributed by atoms with van der Waals surface area (Å²) in [4.78, 5) is 14.1. The molecule has 0 aliphatic carbocycles. The number of aliphatic hydroxyl groups excluding tert-OH is 1. The van der Waals surface area contributed by atoms with Crippen LogP contribution in [0.4, 0.5) is 0 Å². The minimum absolute atomic E-state index is 0.140. The molecule has 104 valence electrons. The monoisotopic (exact) mass is 263 g/mol. The molecule has 0 atom stereocenters. The molecular formula is C15H21NO3. The third-order valence-electron chi connectivity index (χ3n) is 3.76. The van der Waals surface area contributed by atoms with Crippen molar-refractivity contribution in [3.05, 3.63) is 29.8 Å². The predicted octanol–water partition coefficient (Wildman–Crippen LogP) is 1.47. The zero-order valence-corrected chi connectivity index (χ0v) is 11.3. The number of piperidine rings is 1. The Morgan fingerprint density at radius 1 is 1.37 bits per heavy atom. The Hall–Kier alpha value is -1.55. The molecular weight excluding hydrogens is 242 g/mol. The van der Waals surface area contributed by atoms with Crippen LogP contribution in [0.5, 0.6) is 5.75 Å². The van der Waals surface area contributed by atoms with E-state index in [1.54, 1.807) is 7.11 Å². The Labute approximate surface area is 114 Å². The molecule has 1 amide bonds. The second kappa shape index (κ2) is 6.57. The predicted molar refractivity (Wildman–Crippen MR) is 73.1 cm³/mol. The Morgan fingerprint density at radius 2 is 2.05 bits per heavy atom. The van der Waals surface area contributed by atoms with Gasteiger partial charge in [-0.2, -0.15) is 0 Å². The lowest BCUT2D eigenvalue weighted by Crippen LogP contribution is -2.40. The number of para-hydroxylation sites is 1. The number of carbonyl (C=O) groups excluding carboxylic acids is 1. The van der Waals surface area contributed by atoms with Gasteiger partial charge in [0.2, 0.25) is 5.91 Å². The van der Waals surface area contributed by atoms with Crippen LogP contribution in [-0.2, 0) is 11.2 Å². The standard InChI is InChI=1S/C15H21NO3/c1-19-14-5-3-2-4-13(14)10-15(18)16-8-6-12(11-17)7-9-16/h2-5,12,17H,6-11H2,1H3. The largest absolute Gasteiger partial charge is 0.496 e. The lowest BCUT2D eigenvalue weighted by molar-refractivity contribution is -0.132. The Bertz CT molecular complexity index is 425. The Kier molecular flexibility index (Phi) is 4.80. The molecule has 2 rings (SSSR count). The van der Waals surface area contributed by atoms with Crippen molar-refractivity contribution in [2.75, 3.05) is 26.8 Å². The highest BCUT2D eigenvalue weighted by atomic mass is 16.5. The van der Waals surface area contributed by atoms with Crippen molar-refractivity contribution in [2.45, 2.75) is 19.3 Å². The normalized spacial score (nSPS) is 16.4. The van der Waals surface area contributed by atoms with Crippen molar-refractivity contribution in [2.24, 2.45) is 5.92 Å². The summed E-state index contributed by atoms with van der Waals surface area (Å²) in [5.74, 6) is 1.26. The minimum atomic E-state index is 0.140. The van der Waals surface area contributed by atoms with Crippen LogP contribution in [0.3, 0.4) is 0 Å². The number of likely N-dealkylation sites (tertiary alicyclic amines) is 1. The molecule has 4 nitrogen and oxygen atoms in total. The van der Waals surface area contributed by atoms with Gasteiger partial charge in [0.05, 0.1) is 13.5 Å². The molecule has 19 heavy (non-hydrogen) atoms. The smallest absolute Gasteiger partial charge is 0.227 e. The molecule has 0 unspecified atom stereocenters. The maximum Gasteiger partial charge on any atom is 0.227 e. The molecule has 1 aromatic rings. The molecule has 1 aromatic carbocycles. The first-order chi connectivity index (χ1) is 9.24. The summed E-state index contributed by atoms with van der Waals surface area (Å²) >= 11 is 0. The van der Waals surface area contributed by atoms with E-state index in [0.717, 1.165) is 37.2 Å². The van der Waals surface area contributed by atoms with Gasteiger partial charge in [0.1, 0.15) is 5.75 Å². The first kappa shape index (κ1) is 13.9. The second-order valence-corrected chi connectivity index (χ2v) is 5.00. The first-order valence-electron chi connectivity index (χ1n) is 6.75. The molecule has 0 radical (unpaired) electrons. The van der Waals surface area contributed by atoms with Crippen molar-refractivity contribution in [3.63, 3.8) is 0 Å². The summed E-state index contributed by atoms with van der Waals surface area (Å²) in [6.45, 7) is 1.73. The number of ether oxygens (including phenoxy) is 1. The molecule has 1 N–H and O–H groups in total. The van der Waals surface area contributed by atoms with E-state index in [1.165, 1.54) is 0 Å². The number of benzene rings is 1. The van der Waals surface area contributed by atoms with Gasteiger partial charge in [-0.3, -0.25) is 4.79 Å². The highest BCUT2D eigenvalue weighted by Crippen LogP contribution is 2.21. The van der Waals surface area contributed by atoms with E-state index >= 15 is 0 Å². The van der Waals surface area contributed by atoms with E-state index in [4.69, 9.17) is 9.84 Å². The number of amides is 1. The third-order valence-corrected chi connectivity index (χ3v) is 3.76. The highest BCUT2D eigenvalue weighted by Gasteiger charge is 2.22. The Balaban J connectivity index is 1.94. The van der Waals surface area contributed by atoms with Gasteiger partial charge in [-0.1, -0.05) is 18.2 Å². The number of hydrogen-bond donors (Lipinski definition) is 1. The van der Waals surface area contributed by atoms with Crippen molar-refractivity contribution >= 4 is 5.91 Å². The maximum absolute atomic E-state index is 12.2. The lowest BCUT2D eigenvalue weighted by Gasteiger charge is -2.31. The summed E-state index contributed by atoms with van der Waals surface area (Å²) in [5.41, 5.74) is 0.930. The molecule has 1 aliphatic rings. The number of rotatable bonds is 4. The molecule has 0 spiro atoms. The van der Waals surface area contributed by atoms with Gasteiger partial charge in [-0.05, 0) is 24.8 Å². The van der Waals surface area contributed by atoms with Gasteiger partial charge in [0, 0.05) is 25.3 Å². The molecule has 4 heteroatoms. The van der Waals surface area contributed by atoms with Crippen molar-refractivity contribution < 1.29 is 14.6 Å². The lowest BCUT2D eigenvalue weighted by atomic mass is 9.97. The van der Waals surface area contributed by atoms with Gasteiger partial charge < -0.3 is 14.7 Å². The average Bonchev–Trinajstić information content (AvgIpc) is 2.48. The van der Waals surface area contributed by atoms with E-state index in [0.29, 0.717) is 12.3 Å². The molecule has 1 heterocycles. The number of methoxy groups -OCH3 is 1. The molecule has 0 bridgehead atoms. The maximum atomic E-state index is 12.2. The fourth-order valence-electron chi connectivity index (χ4n) is 2.49. The second-order valence-electron chi connectivity index (χ2n) is 5.00. The van der Waals surface area contributed by atoms with Crippen LogP contribution >= 0.6 is 0 Å². The van der Waals surface area contributed by atoms with Crippen LogP contribution in [0, 0.1) is 5.92 Å². The molecule has 0 aromatic heterocycles.